The SMILES string of the molecule is CC#CC(C)(C)OC(=O)COc1ccc([S+](c2ccccc2)c2ccccc2)cc1. The molecule has 152 valence electrons. The first-order valence-electron chi connectivity index (χ1n) is 9.71. The summed E-state index contributed by atoms with van der Waals surface area (Å²) in [5.41, 5.74) is -0.821. The lowest BCUT2D eigenvalue weighted by Crippen LogP contribution is -2.29. The molecule has 0 N–H and O–H groups in total. The third-order valence-corrected chi connectivity index (χ3v) is 6.40. The maximum Gasteiger partial charge on any atom is 0.345 e. The van der Waals surface area contributed by atoms with Crippen LogP contribution < -0.4 is 4.74 Å². The number of ether oxygens (including phenoxy) is 2. The average Bonchev–Trinajstić information content (AvgIpc) is 2.74. The van der Waals surface area contributed by atoms with E-state index < -0.39 is 11.6 Å². The van der Waals surface area contributed by atoms with Crippen LogP contribution in [-0.4, -0.2) is 18.2 Å². The second-order valence-corrected chi connectivity index (χ2v) is 9.08. The summed E-state index contributed by atoms with van der Waals surface area (Å²) in [5, 5.41) is 0. The smallest absolute Gasteiger partial charge is 0.345 e. The molecular weight excluding hydrogens is 392 g/mol. The quantitative estimate of drug-likeness (QED) is 0.289. The fraction of sp³-hybridized carbons (Fsp3) is 0.192. The van der Waals surface area contributed by atoms with Crippen molar-refractivity contribution in [3.05, 3.63) is 84.9 Å². The van der Waals surface area contributed by atoms with Crippen LogP contribution in [0, 0.1) is 11.8 Å². The highest BCUT2D eigenvalue weighted by atomic mass is 32.2. The summed E-state index contributed by atoms with van der Waals surface area (Å²) < 4.78 is 11.0. The molecule has 0 atom stereocenters. The zero-order valence-corrected chi connectivity index (χ0v) is 18.2. The number of carbonyl (C=O) groups is 1. The number of carbonyl (C=O) groups excluding carboxylic acids is 1. The molecule has 0 unspecified atom stereocenters. The second kappa shape index (κ2) is 10.0. The molecule has 0 saturated carbocycles. The number of hydrogen-bond donors (Lipinski definition) is 0. The van der Waals surface area contributed by atoms with Crippen molar-refractivity contribution in [2.75, 3.05) is 6.61 Å². The third-order valence-electron chi connectivity index (χ3n) is 4.17. The first kappa shape index (κ1) is 21.5. The molecule has 0 heterocycles. The molecular formula is C26H25O3S+. The van der Waals surface area contributed by atoms with Crippen molar-refractivity contribution >= 4 is 16.9 Å². The van der Waals surface area contributed by atoms with Gasteiger partial charge in [-0.3, -0.25) is 0 Å². The van der Waals surface area contributed by atoms with Crippen molar-refractivity contribution in [3.63, 3.8) is 0 Å². The van der Waals surface area contributed by atoms with Gasteiger partial charge in [0.1, 0.15) is 5.75 Å². The van der Waals surface area contributed by atoms with Crippen LogP contribution in [0.15, 0.2) is 99.6 Å². The van der Waals surface area contributed by atoms with E-state index in [2.05, 4.69) is 72.5 Å². The number of benzene rings is 3. The van der Waals surface area contributed by atoms with Crippen LogP contribution in [0.1, 0.15) is 20.8 Å². The Kier molecular flexibility index (Phi) is 7.21. The topological polar surface area (TPSA) is 35.5 Å². The van der Waals surface area contributed by atoms with Gasteiger partial charge in [-0.1, -0.05) is 42.3 Å². The standard InChI is InChI=1S/C26H25O3S/c1-4-19-26(2,3)29-25(27)20-28-21-15-17-24(18-16-21)30(22-11-7-5-8-12-22)23-13-9-6-10-14-23/h5-18H,20H2,1-3H3/q+1. The highest BCUT2D eigenvalue weighted by molar-refractivity contribution is 7.97. The average molecular weight is 418 g/mol. The van der Waals surface area contributed by atoms with Crippen LogP contribution >= 0.6 is 0 Å². The molecule has 3 aromatic rings. The number of hydrogen-bond acceptors (Lipinski definition) is 3. The van der Waals surface area contributed by atoms with Crippen molar-refractivity contribution < 1.29 is 14.3 Å². The van der Waals surface area contributed by atoms with Gasteiger partial charge in [0, 0.05) is 0 Å². The van der Waals surface area contributed by atoms with Crippen molar-refractivity contribution in [2.24, 2.45) is 0 Å². The van der Waals surface area contributed by atoms with Crippen molar-refractivity contribution in [1.82, 2.24) is 0 Å². The van der Waals surface area contributed by atoms with Gasteiger partial charge in [0.25, 0.3) is 0 Å². The Bertz CT molecular complexity index is 977. The minimum atomic E-state index is -0.821. The summed E-state index contributed by atoms with van der Waals surface area (Å²) in [4.78, 5) is 15.7. The predicted octanol–water partition coefficient (Wildman–Crippen LogP) is 5.51. The Labute approximate surface area is 181 Å². The molecule has 0 spiro atoms. The van der Waals surface area contributed by atoms with Gasteiger partial charge in [0.05, 0.1) is 10.9 Å². The van der Waals surface area contributed by atoms with Crippen LogP contribution in [0.3, 0.4) is 0 Å². The first-order chi connectivity index (χ1) is 14.5. The van der Waals surface area contributed by atoms with Gasteiger partial charge in [0.2, 0.25) is 0 Å². The maximum atomic E-state index is 12.0. The minimum Gasteiger partial charge on any atom is -0.482 e. The zero-order chi connectivity index (χ0) is 21.4. The third kappa shape index (κ3) is 5.92. The van der Waals surface area contributed by atoms with Crippen LogP contribution in [0.4, 0.5) is 0 Å². The van der Waals surface area contributed by atoms with Gasteiger partial charge >= 0.3 is 5.97 Å². The molecule has 0 aliphatic heterocycles. The van der Waals surface area contributed by atoms with Crippen LogP contribution in [-0.2, 0) is 20.4 Å². The minimum absolute atomic E-state index is 0.156. The Balaban J connectivity index is 1.73. The number of rotatable bonds is 7. The van der Waals surface area contributed by atoms with E-state index in [1.807, 2.05) is 24.3 Å². The molecule has 0 radical (unpaired) electrons. The maximum absolute atomic E-state index is 12.0. The highest BCUT2D eigenvalue weighted by Crippen LogP contribution is 2.31. The zero-order valence-electron chi connectivity index (χ0n) is 17.4. The van der Waals surface area contributed by atoms with Crippen LogP contribution in [0.5, 0.6) is 5.75 Å². The Morgan fingerprint density at radius 3 is 1.83 bits per heavy atom. The molecule has 3 aromatic carbocycles. The summed E-state index contributed by atoms with van der Waals surface area (Å²) in [5.74, 6) is 5.80. The van der Waals surface area contributed by atoms with E-state index in [1.54, 1.807) is 20.8 Å². The van der Waals surface area contributed by atoms with Gasteiger partial charge in [-0.2, -0.15) is 0 Å². The van der Waals surface area contributed by atoms with E-state index in [1.165, 1.54) is 14.7 Å². The molecule has 3 rings (SSSR count). The lowest BCUT2D eigenvalue weighted by molar-refractivity contribution is -0.154. The summed E-state index contributed by atoms with van der Waals surface area (Å²) >= 11 is 0. The van der Waals surface area contributed by atoms with Crippen molar-refractivity contribution in [2.45, 2.75) is 41.1 Å². The van der Waals surface area contributed by atoms with Gasteiger partial charge in [-0.05, 0) is 69.3 Å². The monoisotopic (exact) mass is 417 g/mol. The Morgan fingerprint density at radius 2 is 1.33 bits per heavy atom. The normalized spacial score (nSPS) is 10.8. The summed E-state index contributed by atoms with van der Waals surface area (Å²) in [7, 11) is -0.214. The molecule has 0 aromatic heterocycles. The number of esters is 1. The summed E-state index contributed by atoms with van der Waals surface area (Å²) in [6.07, 6.45) is 0. The van der Waals surface area contributed by atoms with E-state index in [-0.39, 0.29) is 17.5 Å². The molecule has 0 aliphatic carbocycles. The fourth-order valence-corrected chi connectivity index (χ4v) is 5.06. The van der Waals surface area contributed by atoms with E-state index >= 15 is 0 Å². The molecule has 0 aliphatic rings. The summed E-state index contributed by atoms with van der Waals surface area (Å²) in [6.45, 7) is 5.07. The van der Waals surface area contributed by atoms with Crippen LogP contribution in [0.25, 0.3) is 0 Å². The molecule has 0 fully saturated rings. The molecule has 3 nitrogen and oxygen atoms in total. The molecule has 4 heteroatoms. The fourth-order valence-electron chi connectivity index (χ4n) is 2.98. The van der Waals surface area contributed by atoms with Gasteiger partial charge < -0.3 is 9.47 Å². The Morgan fingerprint density at radius 1 is 0.833 bits per heavy atom. The van der Waals surface area contributed by atoms with Gasteiger partial charge in [0.15, 0.2) is 26.9 Å². The first-order valence-corrected chi connectivity index (χ1v) is 10.9. The van der Waals surface area contributed by atoms with Gasteiger partial charge in [-0.25, -0.2) is 4.79 Å². The van der Waals surface area contributed by atoms with Crippen LogP contribution in [0.2, 0.25) is 0 Å². The van der Waals surface area contributed by atoms with E-state index in [0.717, 1.165) is 0 Å². The lowest BCUT2D eigenvalue weighted by Gasteiger charge is -2.18. The Hall–Kier alpha value is -3.16. The van der Waals surface area contributed by atoms with E-state index in [0.29, 0.717) is 5.75 Å². The van der Waals surface area contributed by atoms with Crippen molar-refractivity contribution in [1.29, 1.82) is 0 Å². The largest absolute Gasteiger partial charge is 0.482 e. The molecule has 0 amide bonds. The molecule has 0 saturated heterocycles. The predicted molar refractivity (Wildman–Crippen MR) is 121 cm³/mol. The van der Waals surface area contributed by atoms with E-state index in [4.69, 9.17) is 9.47 Å². The molecule has 30 heavy (non-hydrogen) atoms. The molecule has 0 bridgehead atoms. The van der Waals surface area contributed by atoms with E-state index in [9.17, 15) is 4.79 Å². The van der Waals surface area contributed by atoms with Crippen molar-refractivity contribution in [3.8, 4) is 17.6 Å². The summed E-state index contributed by atoms with van der Waals surface area (Å²) in [6, 6.07) is 28.8. The van der Waals surface area contributed by atoms with Gasteiger partial charge in [-0.15, -0.1) is 5.92 Å². The second-order valence-electron chi connectivity index (χ2n) is 7.05. The highest BCUT2D eigenvalue weighted by Gasteiger charge is 2.28. The lowest BCUT2D eigenvalue weighted by atomic mass is 10.1.